The largest absolute Gasteiger partial charge is 1.00 e. The first-order chi connectivity index (χ1) is 4.37. The van der Waals surface area contributed by atoms with Crippen LogP contribution in [0.5, 0.6) is 0 Å². The number of carbonyl (C=O) groups is 2. The molecule has 0 aliphatic carbocycles. The molecular weight excluding hydrogens is 283 g/mol. The second kappa shape index (κ2) is 25.5. The molecule has 0 aromatic heterocycles. The summed E-state index contributed by atoms with van der Waals surface area (Å²) in [7, 11) is -2.92. The number of aliphatic carboxylic acids is 2. The maximum absolute atomic E-state index is 9.10. The Bertz CT molecular complexity index is 119. The first kappa shape index (κ1) is 36.1. The van der Waals surface area contributed by atoms with Crippen LogP contribution in [0.3, 0.4) is 0 Å². The molecule has 0 heterocycles. The van der Waals surface area contributed by atoms with Gasteiger partial charge in [0.2, 0.25) is 0 Å². The van der Waals surface area contributed by atoms with Gasteiger partial charge < -0.3 is 25.3 Å². The fourth-order valence-electron chi connectivity index (χ4n) is 0. The van der Waals surface area contributed by atoms with Crippen LogP contribution in [0.2, 0.25) is 0 Å². The summed E-state index contributed by atoms with van der Waals surface area (Å²) in [6.45, 7) is 0. The first-order valence-corrected chi connectivity index (χ1v) is 1.81. The summed E-state index contributed by atoms with van der Waals surface area (Å²) in [6.07, 6.45) is 0. The zero-order valence-electron chi connectivity index (χ0n) is 7.92. The van der Waals surface area contributed by atoms with Crippen molar-refractivity contribution in [1.82, 2.24) is 0 Å². The predicted octanol–water partition coefficient (Wildman–Crippen LogP) is -13.6. The maximum atomic E-state index is 9.10. The molecule has 0 atom stereocenters. The van der Waals surface area contributed by atoms with Gasteiger partial charge >= 0.3 is 166 Å². The van der Waals surface area contributed by atoms with Crippen molar-refractivity contribution in [2.24, 2.45) is 0 Å². The number of rotatable bonds is 0. The van der Waals surface area contributed by atoms with E-state index in [1.54, 1.807) is 0 Å². The Balaban J connectivity index is -0.0000000185. The van der Waals surface area contributed by atoms with Gasteiger partial charge in [0.1, 0.15) is 0 Å². The average Bonchev–Trinajstić information content (AvgIpc) is 1.63. The molecule has 0 aromatic carbocycles. The molecule has 0 aromatic rings. The molecule has 66 valence electrons. The summed E-state index contributed by atoms with van der Waals surface area (Å²) in [5.41, 5.74) is 0. The van der Waals surface area contributed by atoms with Gasteiger partial charge in [0, 0.05) is 0 Å². The van der Waals surface area contributed by atoms with Gasteiger partial charge in [0.15, 0.2) is 0 Å². The van der Waals surface area contributed by atoms with Gasteiger partial charge in [0.25, 0.3) is 0 Å². The molecule has 2 N–H and O–H groups in total. The number of hydrogen-bond acceptors (Lipinski definition) is 5. The van der Waals surface area contributed by atoms with Crippen LogP contribution in [0, 0.1) is 0 Å². The average molecular weight is 286 g/mol. The molecule has 0 rings (SSSR count). The van der Waals surface area contributed by atoms with Crippen LogP contribution in [0.15, 0.2) is 0 Å². The van der Waals surface area contributed by atoms with Crippen molar-refractivity contribution in [3.8, 4) is 0 Å². The van der Waals surface area contributed by atoms with Crippen molar-refractivity contribution in [2.75, 3.05) is 0 Å². The van der Waals surface area contributed by atoms with Crippen molar-refractivity contribution in [3.05, 3.63) is 0 Å². The minimum Gasteiger partial charge on any atom is -0.907 e. The fraction of sp³-hybridized carbons (Fsp3) is 0. The monoisotopic (exact) mass is 286 g/mol. The van der Waals surface area contributed by atoms with E-state index in [4.69, 9.17) is 34.9 Å². The number of halogens is 1. The summed E-state index contributed by atoms with van der Waals surface area (Å²) in [5.74, 6) is -3.65. The minimum atomic E-state index is -2.92. The zero-order valence-corrected chi connectivity index (χ0v) is 17.3. The van der Waals surface area contributed by atoms with E-state index < -0.39 is 19.3 Å². The molecule has 0 saturated carbocycles. The zero-order chi connectivity index (χ0) is 8.73. The summed E-state index contributed by atoms with van der Waals surface area (Å²) in [6, 6.07) is 0. The van der Waals surface area contributed by atoms with E-state index in [-0.39, 0.29) is 159 Å². The SMILES string of the molecule is F.O=C(O)C(=O)O.[K+].[K+].[K+].[O-]B([O-])[O-]. The molecular formula is C2H3BFK3O7. The Morgan fingerprint density at radius 2 is 0.929 bits per heavy atom. The van der Waals surface area contributed by atoms with Gasteiger partial charge in [-0.3, -0.25) is 12.0 Å². The second-order valence-corrected chi connectivity index (χ2v) is 0.899. The van der Waals surface area contributed by atoms with E-state index in [1.807, 2.05) is 0 Å². The molecule has 0 bridgehead atoms. The van der Waals surface area contributed by atoms with Crippen LogP contribution >= 0.6 is 0 Å². The van der Waals surface area contributed by atoms with Gasteiger partial charge in [-0.2, -0.15) is 0 Å². The number of carboxylic acids is 2. The molecule has 0 unspecified atom stereocenters. The van der Waals surface area contributed by atoms with Crippen molar-refractivity contribution in [3.63, 3.8) is 0 Å². The minimum absolute atomic E-state index is 0. The second-order valence-electron chi connectivity index (χ2n) is 0.899. The van der Waals surface area contributed by atoms with Gasteiger partial charge in [-0.1, -0.05) is 0 Å². The smallest absolute Gasteiger partial charge is 0.907 e. The Kier molecular flexibility index (Phi) is 65.8. The summed E-state index contributed by atoms with van der Waals surface area (Å²) in [5, 5.41) is 40.0. The number of hydrogen-bond donors (Lipinski definition) is 2. The van der Waals surface area contributed by atoms with Crippen molar-refractivity contribution in [2.45, 2.75) is 0 Å². The van der Waals surface area contributed by atoms with Crippen molar-refractivity contribution >= 4 is 19.3 Å². The van der Waals surface area contributed by atoms with Crippen LogP contribution in [0.25, 0.3) is 0 Å². The molecule has 0 aliphatic heterocycles. The number of carboxylic acid groups (broad SMARTS) is 2. The van der Waals surface area contributed by atoms with Crippen LogP contribution in [-0.4, -0.2) is 29.5 Å². The normalized spacial score (nSPS) is 5.07. The Labute approximate surface area is 207 Å². The Morgan fingerprint density at radius 3 is 0.929 bits per heavy atom. The summed E-state index contributed by atoms with van der Waals surface area (Å²) in [4.78, 5) is 18.2. The molecule has 0 saturated heterocycles. The third kappa shape index (κ3) is 57.1. The molecule has 7 nitrogen and oxygen atoms in total. The van der Waals surface area contributed by atoms with Gasteiger partial charge in [-0.05, 0) is 0 Å². The van der Waals surface area contributed by atoms with Crippen molar-refractivity contribution < 1.29 is 194 Å². The van der Waals surface area contributed by atoms with Crippen LogP contribution in [0.1, 0.15) is 0 Å². The van der Waals surface area contributed by atoms with E-state index in [1.165, 1.54) is 0 Å². The van der Waals surface area contributed by atoms with Gasteiger partial charge in [-0.25, -0.2) is 9.59 Å². The molecule has 0 amide bonds. The predicted molar refractivity (Wildman–Crippen MR) is 23.5 cm³/mol. The van der Waals surface area contributed by atoms with E-state index in [0.29, 0.717) is 0 Å². The van der Waals surface area contributed by atoms with Crippen LogP contribution in [-0.2, 0) is 9.59 Å². The van der Waals surface area contributed by atoms with Crippen molar-refractivity contribution in [1.29, 1.82) is 0 Å². The van der Waals surface area contributed by atoms with E-state index in [0.717, 1.165) is 0 Å². The first-order valence-electron chi connectivity index (χ1n) is 1.81. The molecule has 0 radical (unpaired) electrons. The van der Waals surface area contributed by atoms with Gasteiger partial charge in [0.05, 0.1) is 0 Å². The topological polar surface area (TPSA) is 144 Å². The third-order valence-electron chi connectivity index (χ3n) is 0.183. The third-order valence-corrected chi connectivity index (χ3v) is 0.183. The van der Waals surface area contributed by atoms with E-state index >= 15 is 0 Å². The molecule has 0 fully saturated rings. The maximum Gasteiger partial charge on any atom is 1.00 e. The molecule has 0 spiro atoms. The molecule has 0 aliphatic rings. The Morgan fingerprint density at radius 1 is 0.857 bits per heavy atom. The van der Waals surface area contributed by atoms with E-state index in [2.05, 4.69) is 0 Å². The molecule has 12 heteroatoms. The molecule has 14 heavy (non-hydrogen) atoms. The fourth-order valence-corrected chi connectivity index (χ4v) is 0. The van der Waals surface area contributed by atoms with Crippen LogP contribution in [0.4, 0.5) is 4.70 Å². The van der Waals surface area contributed by atoms with E-state index in [9.17, 15) is 0 Å². The van der Waals surface area contributed by atoms with Gasteiger partial charge in [-0.15, -0.1) is 0 Å². The summed E-state index contributed by atoms with van der Waals surface area (Å²) >= 11 is 0. The quantitative estimate of drug-likeness (QED) is 0.332. The summed E-state index contributed by atoms with van der Waals surface area (Å²) < 4.78 is 0. The standard InChI is InChI=1S/C2H2O4.BO3.FH.3K/c3-1(4)2(5)6;2-1(3)4;;;;/h(H,3,4)(H,5,6);;1H;;;/q;-3;;3*+1. The Hall–Kier alpha value is 3.72. The van der Waals surface area contributed by atoms with Crippen LogP contribution < -0.4 is 169 Å².